The molecule has 0 amide bonds. The van der Waals surface area contributed by atoms with E-state index >= 15 is 0 Å². The summed E-state index contributed by atoms with van der Waals surface area (Å²) in [5.41, 5.74) is 1.38. The highest BCUT2D eigenvalue weighted by atomic mass is 32.2. The minimum Gasteiger partial charge on any atom is -0.308 e. The van der Waals surface area contributed by atoms with E-state index < -0.39 is 0 Å². The highest BCUT2D eigenvalue weighted by Gasteiger charge is 2.26. The van der Waals surface area contributed by atoms with Crippen molar-refractivity contribution in [2.24, 2.45) is 0 Å². The highest BCUT2D eigenvalue weighted by molar-refractivity contribution is 7.99. The summed E-state index contributed by atoms with van der Waals surface area (Å²) in [5, 5.41) is 9.05. The van der Waals surface area contributed by atoms with E-state index in [4.69, 9.17) is 0 Å². The lowest BCUT2D eigenvalue weighted by atomic mass is 10.2. The monoisotopic (exact) mass is 323 g/mol. The van der Waals surface area contributed by atoms with Crippen LogP contribution in [0.5, 0.6) is 0 Å². The summed E-state index contributed by atoms with van der Waals surface area (Å²) in [6, 6.07) is 7.39. The number of hydrogen-bond acceptors (Lipinski definition) is 4. The van der Waals surface area contributed by atoms with Gasteiger partial charge in [-0.15, -0.1) is 22.7 Å². The average molecular weight is 324 g/mol. The van der Waals surface area contributed by atoms with Crippen LogP contribution in [-0.4, -0.2) is 17.0 Å². The van der Waals surface area contributed by atoms with E-state index in [9.17, 15) is 0 Å². The number of hydrogen-bond donors (Lipinski definition) is 1. The Balaban J connectivity index is 1.56. The van der Waals surface area contributed by atoms with Gasteiger partial charge in [0.1, 0.15) is 0 Å². The largest absolute Gasteiger partial charge is 0.308 e. The molecule has 2 aromatic heterocycles. The van der Waals surface area contributed by atoms with Gasteiger partial charge in [-0.05, 0) is 41.5 Å². The molecule has 1 aliphatic carbocycles. The summed E-state index contributed by atoms with van der Waals surface area (Å²) in [5.74, 6) is 1.24. The molecule has 108 valence electrons. The van der Waals surface area contributed by atoms with Gasteiger partial charge < -0.3 is 5.32 Å². The molecule has 0 saturated heterocycles. The Morgan fingerprint density at radius 1 is 1.35 bits per heavy atom. The van der Waals surface area contributed by atoms with Gasteiger partial charge in [-0.3, -0.25) is 0 Å². The molecule has 2 atom stereocenters. The van der Waals surface area contributed by atoms with Crippen LogP contribution in [0, 0.1) is 0 Å². The maximum Gasteiger partial charge on any atom is 0.0351 e. The van der Waals surface area contributed by atoms with Crippen LogP contribution in [0.2, 0.25) is 0 Å². The first-order chi connectivity index (χ1) is 9.86. The van der Waals surface area contributed by atoms with Gasteiger partial charge >= 0.3 is 0 Å². The first-order valence-corrected chi connectivity index (χ1v) is 10.1. The number of rotatable bonds is 6. The Bertz CT molecular complexity index is 518. The summed E-state index contributed by atoms with van der Waals surface area (Å²) in [4.78, 5) is 2.84. The van der Waals surface area contributed by atoms with Gasteiger partial charge in [-0.1, -0.05) is 19.4 Å². The summed E-state index contributed by atoms with van der Waals surface area (Å²) in [7, 11) is 0. The molecular weight excluding hydrogens is 302 g/mol. The van der Waals surface area contributed by atoms with Crippen LogP contribution in [0.25, 0.3) is 10.4 Å². The summed E-state index contributed by atoms with van der Waals surface area (Å²) in [6.07, 6.45) is 4.13. The zero-order chi connectivity index (χ0) is 13.8. The normalized spacial score (nSPS) is 22.4. The van der Waals surface area contributed by atoms with E-state index in [0.29, 0.717) is 6.04 Å². The Kier molecular flexibility index (Phi) is 5.21. The van der Waals surface area contributed by atoms with Crippen LogP contribution in [0.1, 0.15) is 31.1 Å². The molecule has 1 nitrogen and oxygen atoms in total. The van der Waals surface area contributed by atoms with Crippen molar-refractivity contribution in [2.75, 3.05) is 5.75 Å². The van der Waals surface area contributed by atoms with Crippen molar-refractivity contribution in [1.29, 1.82) is 0 Å². The van der Waals surface area contributed by atoms with Crippen molar-refractivity contribution < 1.29 is 0 Å². The smallest absolute Gasteiger partial charge is 0.0351 e. The van der Waals surface area contributed by atoms with Gasteiger partial charge in [0.15, 0.2) is 0 Å². The molecule has 4 heteroatoms. The third-order valence-electron chi connectivity index (χ3n) is 3.83. The van der Waals surface area contributed by atoms with Crippen LogP contribution < -0.4 is 5.32 Å². The number of thiophene rings is 2. The third kappa shape index (κ3) is 3.48. The fourth-order valence-corrected chi connectivity index (χ4v) is 5.70. The SMILES string of the molecule is CCSC1CCCC1NCc1cc(-c2cccs2)cs1. The van der Waals surface area contributed by atoms with Gasteiger partial charge in [0.2, 0.25) is 0 Å². The number of thioether (sulfide) groups is 1. The van der Waals surface area contributed by atoms with Crippen molar-refractivity contribution in [1.82, 2.24) is 5.32 Å². The van der Waals surface area contributed by atoms with Crippen molar-refractivity contribution in [3.8, 4) is 10.4 Å². The molecule has 20 heavy (non-hydrogen) atoms. The van der Waals surface area contributed by atoms with Crippen LogP contribution in [-0.2, 0) is 6.54 Å². The fraction of sp³-hybridized carbons (Fsp3) is 0.500. The van der Waals surface area contributed by atoms with E-state index in [2.05, 4.69) is 53.0 Å². The molecule has 0 bridgehead atoms. The molecular formula is C16H21NS3. The van der Waals surface area contributed by atoms with Gasteiger partial charge in [0.25, 0.3) is 0 Å². The second kappa shape index (κ2) is 7.12. The van der Waals surface area contributed by atoms with E-state index in [1.54, 1.807) is 0 Å². The molecule has 2 unspecified atom stereocenters. The van der Waals surface area contributed by atoms with Gasteiger partial charge in [0.05, 0.1) is 0 Å². The standard InChI is InChI=1S/C16H21NS3/c1-2-18-16-6-3-5-14(16)17-10-13-9-12(11-20-13)15-7-4-8-19-15/h4,7-9,11,14,16-17H,2-3,5-6,10H2,1H3. The van der Waals surface area contributed by atoms with Gasteiger partial charge in [-0.25, -0.2) is 0 Å². The number of nitrogens with one attached hydrogen (secondary N) is 1. The Labute approximate surface area is 133 Å². The Morgan fingerprint density at radius 3 is 3.10 bits per heavy atom. The molecule has 0 radical (unpaired) electrons. The zero-order valence-corrected chi connectivity index (χ0v) is 14.3. The zero-order valence-electron chi connectivity index (χ0n) is 11.8. The maximum atomic E-state index is 3.78. The molecule has 1 fully saturated rings. The maximum absolute atomic E-state index is 3.78. The molecule has 2 heterocycles. The molecule has 1 aliphatic rings. The predicted octanol–water partition coefficient (Wildman–Crippen LogP) is 5.24. The Morgan fingerprint density at radius 2 is 2.30 bits per heavy atom. The van der Waals surface area contributed by atoms with Crippen molar-refractivity contribution in [3.63, 3.8) is 0 Å². The quantitative estimate of drug-likeness (QED) is 0.780. The minimum absolute atomic E-state index is 0.715. The second-order valence-electron chi connectivity index (χ2n) is 5.19. The summed E-state index contributed by atoms with van der Waals surface area (Å²) < 4.78 is 0. The average Bonchev–Trinajstić information content (AvgIpc) is 3.18. The topological polar surface area (TPSA) is 12.0 Å². The van der Waals surface area contributed by atoms with Crippen LogP contribution in [0.3, 0.4) is 0 Å². The molecule has 1 N–H and O–H groups in total. The minimum atomic E-state index is 0.715. The first kappa shape index (κ1) is 14.6. The van der Waals surface area contributed by atoms with Crippen LogP contribution >= 0.6 is 34.4 Å². The van der Waals surface area contributed by atoms with Crippen LogP contribution in [0.15, 0.2) is 29.0 Å². The Hall–Kier alpha value is -0.290. The lowest BCUT2D eigenvalue weighted by Crippen LogP contribution is -2.33. The van der Waals surface area contributed by atoms with Crippen molar-refractivity contribution in [3.05, 3.63) is 33.8 Å². The third-order valence-corrected chi connectivity index (χ3v) is 7.01. The summed E-state index contributed by atoms with van der Waals surface area (Å²) >= 11 is 5.83. The van der Waals surface area contributed by atoms with Crippen molar-refractivity contribution in [2.45, 2.75) is 44.0 Å². The fourth-order valence-electron chi connectivity index (χ4n) is 2.85. The summed E-state index contributed by atoms with van der Waals surface area (Å²) in [6.45, 7) is 3.30. The molecule has 1 saturated carbocycles. The van der Waals surface area contributed by atoms with E-state index in [1.807, 2.05) is 22.7 Å². The van der Waals surface area contributed by atoms with E-state index in [-0.39, 0.29) is 0 Å². The molecule has 3 rings (SSSR count). The molecule has 0 spiro atoms. The van der Waals surface area contributed by atoms with Crippen LogP contribution in [0.4, 0.5) is 0 Å². The molecule has 0 aromatic carbocycles. The van der Waals surface area contributed by atoms with E-state index in [0.717, 1.165) is 11.8 Å². The lowest BCUT2D eigenvalue weighted by molar-refractivity contribution is 0.535. The van der Waals surface area contributed by atoms with E-state index in [1.165, 1.54) is 40.3 Å². The van der Waals surface area contributed by atoms with Gasteiger partial charge in [0, 0.05) is 33.2 Å². The van der Waals surface area contributed by atoms with Crippen molar-refractivity contribution >= 4 is 34.4 Å². The van der Waals surface area contributed by atoms with Gasteiger partial charge in [-0.2, -0.15) is 11.8 Å². The molecule has 2 aromatic rings. The molecule has 0 aliphatic heterocycles. The first-order valence-electron chi connectivity index (χ1n) is 7.33. The predicted molar refractivity (Wildman–Crippen MR) is 94.0 cm³/mol. The second-order valence-corrected chi connectivity index (χ2v) is 8.65. The lowest BCUT2D eigenvalue weighted by Gasteiger charge is -2.19. The highest BCUT2D eigenvalue weighted by Crippen LogP contribution is 2.32.